The van der Waals surface area contributed by atoms with Crippen LogP contribution in [0.15, 0.2) is 0 Å². The molecule has 0 aliphatic carbocycles. The van der Waals surface area contributed by atoms with Crippen molar-refractivity contribution in [1.82, 2.24) is 9.78 Å². The molecule has 19 heavy (non-hydrogen) atoms. The van der Waals surface area contributed by atoms with Crippen LogP contribution in [0.25, 0.3) is 0 Å². The minimum Gasteiger partial charge on any atom is -0.294 e. The van der Waals surface area contributed by atoms with Crippen LogP contribution >= 0.6 is 0 Å². The topological polar surface area (TPSA) is 34.9 Å². The first-order valence-electron chi connectivity index (χ1n) is 7.66. The zero-order valence-electron chi connectivity index (χ0n) is 13.1. The summed E-state index contributed by atoms with van der Waals surface area (Å²) in [7, 11) is 0. The number of hydrogen-bond acceptors (Lipinski definition) is 2. The molecule has 0 unspecified atom stereocenters. The van der Waals surface area contributed by atoms with Crippen molar-refractivity contribution in [1.29, 1.82) is 0 Å². The molecule has 1 rings (SSSR count). The van der Waals surface area contributed by atoms with Crippen LogP contribution in [0.1, 0.15) is 75.6 Å². The average molecular weight is 264 g/mol. The van der Waals surface area contributed by atoms with Gasteiger partial charge in [0, 0.05) is 18.7 Å². The molecule has 0 atom stereocenters. The molecule has 1 aromatic heterocycles. The van der Waals surface area contributed by atoms with Crippen LogP contribution < -0.4 is 0 Å². The maximum atomic E-state index is 12.1. The summed E-state index contributed by atoms with van der Waals surface area (Å²) in [5, 5.41) is 4.66. The Balaban J connectivity index is 2.98. The molecule has 0 saturated carbocycles. The van der Waals surface area contributed by atoms with E-state index in [1.807, 2.05) is 6.92 Å². The third-order valence-corrected chi connectivity index (χ3v) is 3.55. The first-order valence-corrected chi connectivity index (χ1v) is 7.66. The van der Waals surface area contributed by atoms with Gasteiger partial charge in [-0.15, -0.1) is 0 Å². The largest absolute Gasteiger partial charge is 0.294 e. The van der Waals surface area contributed by atoms with Crippen LogP contribution in [0.4, 0.5) is 0 Å². The average Bonchev–Trinajstić information content (AvgIpc) is 2.75. The Labute approximate surface area is 117 Å². The maximum Gasteiger partial charge on any atom is 0.166 e. The molecule has 3 heteroatoms. The summed E-state index contributed by atoms with van der Waals surface area (Å²) in [6.07, 6.45) is 4.63. The zero-order chi connectivity index (χ0) is 14.4. The lowest BCUT2D eigenvalue weighted by Gasteiger charge is -2.08. The van der Waals surface area contributed by atoms with Gasteiger partial charge in [-0.2, -0.15) is 5.10 Å². The Kier molecular flexibility index (Phi) is 6.26. The third kappa shape index (κ3) is 3.92. The fraction of sp³-hybridized carbons (Fsp3) is 0.750. The molecule has 0 radical (unpaired) electrons. The van der Waals surface area contributed by atoms with E-state index >= 15 is 0 Å². The van der Waals surface area contributed by atoms with Gasteiger partial charge < -0.3 is 0 Å². The number of carbonyl (C=O) groups is 1. The van der Waals surface area contributed by atoms with Gasteiger partial charge in [0.05, 0.1) is 11.3 Å². The Morgan fingerprint density at radius 3 is 2.37 bits per heavy atom. The summed E-state index contributed by atoms with van der Waals surface area (Å²) in [5.74, 6) is 0.965. The second-order valence-electron chi connectivity index (χ2n) is 5.51. The molecule has 0 fully saturated rings. The van der Waals surface area contributed by atoms with Crippen molar-refractivity contribution in [3.63, 3.8) is 0 Å². The minimum atomic E-state index is 0.240. The highest BCUT2D eigenvalue weighted by Crippen LogP contribution is 2.19. The summed E-state index contributed by atoms with van der Waals surface area (Å²) in [5.41, 5.74) is 3.01. The molecule has 0 N–H and O–H groups in total. The molecule has 0 saturated heterocycles. The van der Waals surface area contributed by atoms with Crippen molar-refractivity contribution in [3.8, 4) is 0 Å². The molecule has 0 spiro atoms. The van der Waals surface area contributed by atoms with Gasteiger partial charge in [-0.3, -0.25) is 9.48 Å². The second-order valence-corrected chi connectivity index (χ2v) is 5.51. The van der Waals surface area contributed by atoms with Gasteiger partial charge in [-0.25, -0.2) is 0 Å². The van der Waals surface area contributed by atoms with E-state index in [4.69, 9.17) is 0 Å². The fourth-order valence-electron chi connectivity index (χ4n) is 2.49. The lowest BCUT2D eigenvalue weighted by molar-refractivity contribution is 0.0986. The summed E-state index contributed by atoms with van der Waals surface area (Å²) in [6, 6.07) is 0. The lowest BCUT2D eigenvalue weighted by Crippen LogP contribution is -2.08. The molecular weight excluding hydrogens is 236 g/mol. The molecule has 0 aliphatic heterocycles. The number of nitrogens with zero attached hydrogens (tertiary/aromatic N) is 2. The first kappa shape index (κ1) is 15.9. The molecule has 0 amide bonds. The van der Waals surface area contributed by atoms with Gasteiger partial charge in [0.1, 0.15) is 0 Å². The van der Waals surface area contributed by atoms with E-state index in [-0.39, 0.29) is 5.78 Å². The number of aryl methyl sites for hydroxylation is 2. The molecule has 108 valence electrons. The predicted molar refractivity (Wildman–Crippen MR) is 79.7 cm³/mol. The number of rotatable bonds is 8. The van der Waals surface area contributed by atoms with Crippen molar-refractivity contribution >= 4 is 5.78 Å². The van der Waals surface area contributed by atoms with E-state index < -0.39 is 0 Å². The Hall–Kier alpha value is -1.12. The van der Waals surface area contributed by atoms with E-state index in [1.54, 1.807) is 0 Å². The van der Waals surface area contributed by atoms with Crippen molar-refractivity contribution < 1.29 is 4.79 Å². The fourth-order valence-corrected chi connectivity index (χ4v) is 2.49. The summed E-state index contributed by atoms with van der Waals surface area (Å²) >= 11 is 0. The number of Topliss-reactive ketones (excluding diaryl/α,β-unsaturated/α-hetero) is 1. The quantitative estimate of drug-likeness (QED) is 0.664. The number of aromatic nitrogens is 2. The Morgan fingerprint density at radius 2 is 1.89 bits per heavy atom. The van der Waals surface area contributed by atoms with Crippen LogP contribution in [0, 0.1) is 5.92 Å². The van der Waals surface area contributed by atoms with Gasteiger partial charge in [0.25, 0.3) is 0 Å². The van der Waals surface area contributed by atoms with Crippen LogP contribution in [0.2, 0.25) is 0 Å². The lowest BCUT2D eigenvalue weighted by atomic mass is 10.0. The number of ketones is 1. The summed E-state index contributed by atoms with van der Waals surface area (Å²) in [6.45, 7) is 11.5. The zero-order valence-corrected chi connectivity index (χ0v) is 13.1. The molecule has 0 aliphatic rings. The second kappa shape index (κ2) is 7.46. The predicted octanol–water partition coefficient (Wildman–Crippen LogP) is 4.04. The van der Waals surface area contributed by atoms with E-state index in [2.05, 4.69) is 37.5 Å². The van der Waals surface area contributed by atoms with Crippen LogP contribution in [-0.2, 0) is 19.4 Å². The van der Waals surface area contributed by atoms with Crippen LogP contribution in [0.3, 0.4) is 0 Å². The number of hydrogen-bond donors (Lipinski definition) is 0. The van der Waals surface area contributed by atoms with Gasteiger partial charge in [-0.1, -0.05) is 34.6 Å². The maximum absolute atomic E-state index is 12.1. The minimum absolute atomic E-state index is 0.240. The van der Waals surface area contributed by atoms with E-state index in [0.29, 0.717) is 6.42 Å². The van der Waals surface area contributed by atoms with Gasteiger partial charge in [0.2, 0.25) is 0 Å². The number of carbonyl (C=O) groups excluding carboxylic acids is 1. The highest BCUT2D eigenvalue weighted by Gasteiger charge is 2.20. The third-order valence-electron chi connectivity index (χ3n) is 3.55. The Bertz CT molecular complexity index is 419. The highest BCUT2D eigenvalue weighted by atomic mass is 16.1. The standard InChI is InChI=1S/C16H28N2O/c1-6-13-16(15(19)8-3)14(7-2)18(17-13)11-9-10-12(4)5/h12H,6-11H2,1-5H3. The van der Waals surface area contributed by atoms with Gasteiger partial charge in [-0.05, 0) is 31.6 Å². The van der Waals surface area contributed by atoms with E-state index in [0.717, 1.165) is 48.7 Å². The van der Waals surface area contributed by atoms with Gasteiger partial charge >= 0.3 is 0 Å². The highest BCUT2D eigenvalue weighted by molar-refractivity contribution is 5.98. The normalized spacial score (nSPS) is 11.3. The van der Waals surface area contributed by atoms with Crippen molar-refractivity contribution in [3.05, 3.63) is 17.0 Å². The first-order chi connectivity index (χ1) is 9.04. The van der Waals surface area contributed by atoms with E-state index in [1.165, 1.54) is 6.42 Å². The SMILES string of the molecule is CCC(=O)c1c(CC)nn(CCCC(C)C)c1CC. The molecule has 0 bridgehead atoms. The summed E-state index contributed by atoms with van der Waals surface area (Å²) in [4.78, 5) is 12.1. The summed E-state index contributed by atoms with van der Waals surface area (Å²) < 4.78 is 2.07. The molecule has 0 aromatic carbocycles. The smallest absolute Gasteiger partial charge is 0.166 e. The van der Waals surface area contributed by atoms with Crippen molar-refractivity contribution in [2.75, 3.05) is 0 Å². The van der Waals surface area contributed by atoms with Crippen molar-refractivity contribution in [2.45, 2.75) is 73.3 Å². The van der Waals surface area contributed by atoms with E-state index in [9.17, 15) is 4.79 Å². The van der Waals surface area contributed by atoms with Crippen molar-refractivity contribution in [2.24, 2.45) is 5.92 Å². The molecular formula is C16H28N2O. The van der Waals surface area contributed by atoms with Crippen LogP contribution in [0.5, 0.6) is 0 Å². The Morgan fingerprint density at radius 1 is 1.21 bits per heavy atom. The van der Waals surface area contributed by atoms with Gasteiger partial charge in [0.15, 0.2) is 5.78 Å². The monoisotopic (exact) mass is 264 g/mol. The molecule has 1 aromatic rings. The molecule has 1 heterocycles. The molecule has 3 nitrogen and oxygen atoms in total. The van der Waals surface area contributed by atoms with Crippen LogP contribution in [-0.4, -0.2) is 15.6 Å².